The molecule has 0 saturated heterocycles. The van der Waals surface area contributed by atoms with Gasteiger partial charge < -0.3 is 5.21 Å². The van der Waals surface area contributed by atoms with E-state index < -0.39 is 0 Å². The Bertz CT molecular complexity index is 359. The van der Waals surface area contributed by atoms with Gasteiger partial charge in [0.15, 0.2) is 0 Å². The molecule has 1 atom stereocenters. The van der Waals surface area contributed by atoms with E-state index in [1.807, 2.05) is 25.5 Å². The lowest BCUT2D eigenvalue weighted by Gasteiger charge is -2.14. The number of aryl methyl sites for hydroxylation is 3. The zero-order valence-corrected chi connectivity index (χ0v) is 10.2. The van der Waals surface area contributed by atoms with Gasteiger partial charge in [0, 0.05) is 6.54 Å². The number of hydrogen-bond donors (Lipinski definition) is 2. The van der Waals surface area contributed by atoms with Gasteiger partial charge in [0.1, 0.15) is 11.6 Å². The molecule has 1 aromatic heterocycles. The summed E-state index contributed by atoms with van der Waals surface area (Å²) in [4.78, 5) is 4.23. The molecular weight excluding hydrogens is 204 g/mol. The van der Waals surface area contributed by atoms with Crippen LogP contribution >= 0.6 is 0 Å². The van der Waals surface area contributed by atoms with Crippen LogP contribution in [0.15, 0.2) is 12.2 Å². The molecule has 0 aromatic carbocycles. The minimum absolute atomic E-state index is 0.0371. The molecule has 2 N–H and O–H groups in total. The summed E-state index contributed by atoms with van der Waals surface area (Å²) in [6.07, 6.45) is 1.76. The van der Waals surface area contributed by atoms with Crippen LogP contribution in [0.2, 0.25) is 0 Å². The van der Waals surface area contributed by atoms with E-state index in [-0.39, 0.29) is 6.04 Å². The molecule has 5 nitrogen and oxygen atoms in total. The van der Waals surface area contributed by atoms with Crippen molar-refractivity contribution in [3.63, 3.8) is 0 Å². The number of nitrogens with one attached hydrogen (secondary N) is 1. The minimum Gasteiger partial charge on any atom is -0.316 e. The van der Waals surface area contributed by atoms with Crippen molar-refractivity contribution in [3.8, 4) is 0 Å². The highest BCUT2D eigenvalue weighted by molar-refractivity contribution is 4.99. The molecule has 1 aromatic rings. The molecule has 0 saturated carbocycles. The van der Waals surface area contributed by atoms with E-state index in [1.54, 1.807) is 0 Å². The highest BCUT2D eigenvalue weighted by atomic mass is 16.5. The Balaban J connectivity index is 2.40. The molecule has 5 heteroatoms. The summed E-state index contributed by atoms with van der Waals surface area (Å²) in [7, 11) is 0. The third-order valence-corrected chi connectivity index (χ3v) is 2.58. The van der Waals surface area contributed by atoms with E-state index in [4.69, 9.17) is 5.21 Å². The van der Waals surface area contributed by atoms with Gasteiger partial charge in [-0.05, 0) is 33.6 Å². The van der Waals surface area contributed by atoms with E-state index in [1.165, 1.54) is 0 Å². The van der Waals surface area contributed by atoms with Crippen molar-refractivity contribution >= 4 is 0 Å². The van der Waals surface area contributed by atoms with E-state index in [0.29, 0.717) is 0 Å². The van der Waals surface area contributed by atoms with Crippen LogP contribution in [0.4, 0.5) is 0 Å². The Morgan fingerprint density at radius 1 is 1.56 bits per heavy atom. The Kier molecular flexibility index (Phi) is 4.64. The molecule has 0 radical (unpaired) electrons. The van der Waals surface area contributed by atoms with Crippen LogP contribution in [-0.2, 0) is 6.54 Å². The largest absolute Gasteiger partial charge is 0.316 e. The Morgan fingerprint density at radius 3 is 2.69 bits per heavy atom. The molecule has 1 heterocycles. The maximum atomic E-state index is 8.91. The molecular formula is C11H20N4O. The molecule has 90 valence electrons. The summed E-state index contributed by atoms with van der Waals surface area (Å²) in [5.74, 6) is 1.73. The quantitative estimate of drug-likeness (QED) is 0.569. The number of hydroxylamine groups is 1. The van der Waals surface area contributed by atoms with Gasteiger partial charge in [0.2, 0.25) is 0 Å². The van der Waals surface area contributed by atoms with Crippen LogP contribution in [0, 0.1) is 13.8 Å². The molecule has 0 spiro atoms. The first-order valence-corrected chi connectivity index (χ1v) is 5.47. The first-order valence-electron chi connectivity index (χ1n) is 5.47. The zero-order chi connectivity index (χ0) is 12.1. The Morgan fingerprint density at radius 2 is 2.25 bits per heavy atom. The Hall–Kier alpha value is -1.20. The lowest BCUT2D eigenvalue weighted by Crippen LogP contribution is -2.26. The second-order valence-electron chi connectivity index (χ2n) is 4.10. The highest BCUT2D eigenvalue weighted by Crippen LogP contribution is 2.07. The minimum atomic E-state index is -0.0371. The Labute approximate surface area is 96.2 Å². The zero-order valence-electron chi connectivity index (χ0n) is 10.2. The molecule has 1 unspecified atom stereocenters. The summed E-state index contributed by atoms with van der Waals surface area (Å²) >= 11 is 0. The van der Waals surface area contributed by atoms with Crippen molar-refractivity contribution in [2.45, 2.75) is 46.2 Å². The van der Waals surface area contributed by atoms with Crippen molar-refractivity contribution in [2.75, 3.05) is 0 Å². The fourth-order valence-electron chi connectivity index (χ4n) is 1.64. The van der Waals surface area contributed by atoms with Gasteiger partial charge in [-0.15, -0.1) is 0 Å². The predicted octanol–water partition coefficient (Wildman–Crippen LogP) is 1.60. The standard InChI is InChI=1S/C11H20N4O/c1-8(2)11(14-16)6-5-7-15-10(4)12-9(3)13-15/h11,14,16H,1,5-7H2,2-4H3. The first-order chi connectivity index (χ1) is 7.54. The third kappa shape index (κ3) is 3.43. The molecule has 0 aliphatic rings. The van der Waals surface area contributed by atoms with Crippen LogP contribution in [-0.4, -0.2) is 26.0 Å². The lowest BCUT2D eigenvalue weighted by molar-refractivity contribution is 0.134. The average Bonchev–Trinajstić information content (AvgIpc) is 2.52. The average molecular weight is 224 g/mol. The monoisotopic (exact) mass is 224 g/mol. The normalized spacial score (nSPS) is 12.8. The van der Waals surface area contributed by atoms with E-state index >= 15 is 0 Å². The second kappa shape index (κ2) is 5.77. The van der Waals surface area contributed by atoms with Crippen LogP contribution in [0.1, 0.15) is 31.4 Å². The number of hydrogen-bond acceptors (Lipinski definition) is 4. The third-order valence-electron chi connectivity index (χ3n) is 2.58. The SMILES string of the molecule is C=C(C)C(CCCn1nc(C)nc1C)NO. The summed E-state index contributed by atoms with van der Waals surface area (Å²) in [6, 6.07) is -0.0371. The smallest absolute Gasteiger partial charge is 0.147 e. The van der Waals surface area contributed by atoms with Crippen LogP contribution in [0.25, 0.3) is 0 Å². The molecule has 0 amide bonds. The second-order valence-corrected chi connectivity index (χ2v) is 4.10. The maximum Gasteiger partial charge on any atom is 0.147 e. The fraction of sp³-hybridized carbons (Fsp3) is 0.636. The van der Waals surface area contributed by atoms with Gasteiger partial charge in [0.25, 0.3) is 0 Å². The van der Waals surface area contributed by atoms with E-state index in [2.05, 4.69) is 22.1 Å². The van der Waals surface area contributed by atoms with Crippen molar-refractivity contribution in [1.82, 2.24) is 20.2 Å². The summed E-state index contributed by atoms with van der Waals surface area (Å²) in [6.45, 7) is 10.4. The van der Waals surface area contributed by atoms with Crippen LogP contribution in [0.3, 0.4) is 0 Å². The molecule has 1 rings (SSSR count). The van der Waals surface area contributed by atoms with E-state index in [9.17, 15) is 0 Å². The summed E-state index contributed by atoms with van der Waals surface area (Å²) in [5, 5.41) is 13.2. The van der Waals surface area contributed by atoms with Crippen molar-refractivity contribution < 1.29 is 5.21 Å². The topological polar surface area (TPSA) is 63.0 Å². The van der Waals surface area contributed by atoms with Crippen molar-refractivity contribution in [1.29, 1.82) is 0 Å². The molecule has 0 fully saturated rings. The molecule has 0 bridgehead atoms. The lowest BCUT2D eigenvalue weighted by atomic mass is 10.1. The fourth-order valence-corrected chi connectivity index (χ4v) is 1.64. The summed E-state index contributed by atoms with van der Waals surface area (Å²) < 4.78 is 1.89. The molecule has 0 aliphatic carbocycles. The summed E-state index contributed by atoms with van der Waals surface area (Å²) in [5.41, 5.74) is 3.20. The van der Waals surface area contributed by atoms with Crippen LogP contribution in [0.5, 0.6) is 0 Å². The number of rotatable bonds is 6. The molecule has 16 heavy (non-hydrogen) atoms. The van der Waals surface area contributed by atoms with Gasteiger partial charge in [-0.25, -0.2) is 4.98 Å². The van der Waals surface area contributed by atoms with Crippen LogP contribution < -0.4 is 5.48 Å². The van der Waals surface area contributed by atoms with Gasteiger partial charge in [-0.2, -0.15) is 10.6 Å². The van der Waals surface area contributed by atoms with E-state index in [0.717, 1.165) is 36.6 Å². The number of nitrogens with zero attached hydrogens (tertiary/aromatic N) is 3. The van der Waals surface area contributed by atoms with Gasteiger partial charge in [-0.1, -0.05) is 12.2 Å². The maximum absolute atomic E-state index is 8.91. The van der Waals surface area contributed by atoms with Crippen molar-refractivity contribution in [2.24, 2.45) is 0 Å². The first kappa shape index (κ1) is 12.9. The van der Waals surface area contributed by atoms with Gasteiger partial charge in [-0.3, -0.25) is 4.68 Å². The highest BCUT2D eigenvalue weighted by Gasteiger charge is 2.08. The van der Waals surface area contributed by atoms with Gasteiger partial charge in [0.05, 0.1) is 6.04 Å². The van der Waals surface area contributed by atoms with Gasteiger partial charge >= 0.3 is 0 Å². The molecule has 0 aliphatic heterocycles. The predicted molar refractivity (Wildman–Crippen MR) is 62.3 cm³/mol. The van der Waals surface area contributed by atoms with Crippen molar-refractivity contribution in [3.05, 3.63) is 23.8 Å². The number of aromatic nitrogens is 3.